The van der Waals surface area contributed by atoms with Gasteiger partial charge in [0.2, 0.25) is 0 Å². The number of morpholine rings is 1. The van der Waals surface area contributed by atoms with Gasteiger partial charge in [-0.15, -0.1) is 0 Å². The van der Waals surface area contributed by atoms with Crippen LogP contribution in [0, 0.1) is 5.82 Å². The second-order valence-electron chi connectivity index (χ2n) is 7.63. The molecule has 1 aliphatic heterocycles. The average Bonchev–Trinajstić information content (AvgIpc) is 2.83. The fourth-order valence-corrected chi connectivity index (χ4v) is 4.36. The Kier molecular flexibility index (Phi) is 7.96. The summed E-state index contributed by atoms with van der Waals surface area (Å²) in [5, 5.41) is 4.13. The molecule has 1 fully saturated rings. The van der Waals surface area contributed by atoms with E-state index in [-0.39, 0.29) is 5.82 Å². The molecule has 0 radical (unpaired) electrons. The van der Waals surface area contributed by atoms with Crippen LogP contribution in [0.25, 0.3) is 0 Å². The molecule has 0 amide bonds. The molecule has 33 heavy (non-hydrogen) atoms. The average molecular weight is 536 g/mol. The molecule has 1 aliphatic rings. The molecule has 8 heteroatoms. The number of hydrogen-bond acceptors (Lipinski definition) is 5. The number of benzene rings is 3. The number of rotatable bonds is 8. The Labute approximate surface area is 206 Å². The summed E-state index contributed by atoms with van der Waals surface area (Å²) in [5.74, 6) is 0.959. The molecule has 1 N–H and O–H groups in total. The van der Waals surface area contributed by atoms with Crippen molar-refractivity contribution in [2.45, 2.75) is 13.2 Å². The highest BCUT2D eigenvalue weighted by molar-refractivity contribution is 9.10. The number of nitrogens with zero attached hydrogens (tertiary/aromatic N) is 1. The molecule has 0 spiro atoms. The van der Waals surface area contributed by atoms with Gasteiger partial charge in [-0.1, -0.05) is 39.7 Å². The molecule has 3 aromatic rings. The topological polar surface area (TPSA) is 43.0 Å². The first-order valence-corrected chi connectivity index (χ1v) is 11.8. The fraction of sp³-hybridized carbons (Fsp3) is 0.280. The highest BCUT2D eigenvalue weighted by Crippen LogP contribution is 2.35. The van der Waals surface area contributed by atoms with Crippen molar-refractivity contribution < 1.29 is 18.6 Å². The first kappa shape index (κ1) is 23.7. The van der Waals surface area contributed by atoms with Crippen LogP contribution in [0.5, 0.6) is 11.5 Å². The van der Waals surface area contributed by atoms with Crippen LogP contribution in [-0.2, 0) is 17.9 Å². The maximum absolute atomic E-state index is 13.1. The fourth-order valence-electron chi connectivity index (χ4n) is 3.60. The third-order valence-corrected chi connectivity index (χ3v) is 6.46. The molecule has 3 aromatic carbocycles. The molecule has 4 rings (SSSR count). The van der Waals surface area contributed by atoms with Crippen LogP contribution < -0.4 is 19.7 Å². The van der Waals surface area contributed by atoms with E-state index in [0.29, 0.717) is 29.7 Å². The van der Waals surface area contributed by atoms with Gasteiger partial charge in [0.25, 0.3) is 0 Å². The van der Waals surface area contributed by atoms with Gasteiger partial charge in [-0.3, -0.25) is 0 Å². The van der Waals surface area contributed by atoms with Gasteiger partial charge in [-0.2, -0.15) is 0 Å². The molecule has 0 unspecified atom stereocenters. The number of anilines is 2. The van der Waals surface area contributed by atoms with Crippen molar-refractivity contribution in [2.75, 3.05) is 43.6 Å². The van der Waals surface area contributed by atoms with Crippen LogP contribution in [0.15, 0.2) is 59.1 Å². The van der Waals surface area contributed by atoms with Gasteiger partial charge in [0.05, 0.1) is 31.0 Å². The summed E-state index contributed by atoms with van der Waals surface area (Å²) in [6.07, 6.45) is 0. The predicted octanol–water partition coefficient (Wildman–Crippen LogP) is 6.28. The van der Waals surface area contributed by atoms with Gasteiger partial charge in [0.1, 0.15) is 12.4 Å². The van der Waals surface area contributed by atoms with E-state index in [4.69, 9.17) is 25.8 Å². The summed E-state index contributed by atoms with van der Waals surface area (Å²) in [4.78, 5) is 2.24. The lowest BCUT2D eigenvalue weighted by Crippen LogP contribution is -2.36. The molecular formula is C25H25BrClFN2O3. The third-order valence-electron chi connectivity index (χ3n) is 5.42. The van der Waals surface area contributed by atoms with E-state index < -0.39 is 0 Å². The molecule has 0 aliphatic carbocycles. The lowest BCUT2D eigenvalue weighted by atomic mass is 10.2. The molecule has 0 bridgehead atoms. The largest absolute Gasteiger partial charge is 0.493 e. The van der Waals surface area contributed by atoms with Crippen molar-refractivity contribution in [2.24, 2.45) is 0 Å². The zero-order chi connectivity index (χ0) is 23.2. The maximum atomic E-state index is 13.1. The highest BCUT2D eigenvalue weighted by atomic mass is 79.9. The number of nitrogens with one attached hydrogen (secondary N) is 1. The van der Waals surface area contributed by atoms with Gasteiger partial charge in [0.15, 0.2) is 11.5 Å². The number of ether oxygens (including phenoxy) is 3. The molecule has 0 saturated carbocycles. The van der Waals surface area contributed by atoms with Gasteiger partial charge in [-0.25, -0.2) is 4.39 Å². The molecular weight excluding hydrogens is 511 g/mol. The Morgan fingerprint density at radius 1 is 1.06 bits per heavy atom. The standard InChI is InChI=1S/C25H25BrClFN2O3/c1-31-24-12-18(21(26)14-25(24)33-16-17-2-4-19(28)5-3-17)15-29-20-6-7-23(22(27)13-20)30-8-10-32-11-9-30/h2-7,12-14,29H,8-11,15-16H2,1H3. The summed E-state index contributed by atoms with van der Waals surface area (Å²) >= 11 is 10.2. The zero-order valence-electron chi connectivity index (χ0n) is 18.2. The Morgan fingerprint density at radius 2 is 1.82 bits per heavy atom. The lowest BCUT2D eigenvalue weighted by molar-refractivity contribution is 0.122. The summed E-state index contributed by atoms with van der Waals surface area (Å²) in [5.41, 5.74) is 3.84. The summed E-state index contributed by atoms with van der Waals surface area (Å²) in [6.45, 7) is 4.01. The minimum Gasteiger partial charge on any atom is -0.493 e. The van der Waals surface area contributed by atoms with Crippen molar-refractivity contribution in [1.82, 2.24) is 0 Å². The van der Waals surface area contributed by atoms with Crippen molar-refractivity contribution in [3.05, 3.63) is 81.0 Å². The Bertz CT molecular complexity index is 1090. The SMILES string of the molecule is COc1cc(CNc2ccc(N3CCOCC3)c(Cl)c2)c(Br)cc1OCc1ccc(F)cc1. The van der Waals surface area contributed by atoms with Gasteiger partial charge < -0.3 is 24.4 Å². The third kappa shape index (κ3) is 6.10. The molecule has 1 heterocycles. The second-order valence-corrected chi connectivity index (χ2v) is 8.89. The quantitative estimate of drug-likeness (QED) is 0.368. The van der Waals surface area contributed by atoms with Crippen molar-refractivity contribution in [3.63, 3.8) is 0 Å². The highest BCUT2D eigenvalue weighted by Gasteiger charge is 2.15. The predicted molar refractivity (Wildman–Crippen MR) is 133 cm³/mol. The number of halogens is 3. The van der Waals surface area contributed by atoms with E-state index in [1.807, 2.05) is 30.3 Å². The molecule has 1 saturated heterocycles. The molecule has 0 aromatic heterocycles. The second kappa shape index (κ2) is 11.1. The minimum absolute atomic E-state index is 0.270. The van der Waals surface area contributed by atoms with E-state index in [2.05, 4.69) is 26.1 Å². The smallest absolute Gasteiger partial charge is 0.162 e. The van der Waals surface area contributed by atoms with Crippen LogP contribution in [0.2, 0.25) is 5.02 Å². The Hall–Kier alpha value is -2.48. The van der Waals surface area contributed by atoms with E-state index in [1.165, 1.54) is 12.1 Å². The lowest BCUT2D eigenvalue weighted by Gasteiger charge is -2.29. The number of methoxy groups -OCH3 is 1. The van der Waals surface area contributed by atoms with Crippen molar-refractivity contribution >= 4 is 38.9 Å². The zero-order valence-corrected chi connectivity index (χ0v) is 20.6. The van der Waals surface area contributed by atoms with E-state index in [1.54, 1.807) is 19.2 Å². The van der Waals surface area contributed by atoms with Gasteiger partial charge >= 0.3 is 0 Å². The van der Waals surface area contributed by atoms with E-state index >= 15 is 0 Å². The van der Waals surface area contributed by atoms with E-state index in [0.717, 1.165) is 53.3 Å². The molecule has 0 atom stereocenters. The number of hydrogen-bond donors (Lipinski definition) is 1. The maximum Gasteiger partial charge on any atom is 0.162 e. The van der Waals surface area contributed by atoms with Crippen LogP contribution in [0.1, 0.15) is 11.1 Å². The van der Waals surface area contributed by atoms with Crippen LogP contribution in [-0.4, -0.2) is 33.4 Å². The van der Waals surface area contributed by atoms with Crippen LogP contribution in [0.3, 0.4) is 0 Å². The first-order valence-electron chi connectivity index (χ1n) is 10.6. The first-order chi connectivity index (χ1) is 16.0. The van der Waals surface area contributed by atoms with Crippen molar-refractivity contribution in [1.29, 1.82) is 0 Å². The molecule has 174 valence electrons. The molecule has 5 nitrogen and oxygen atoms in total. The van der Waals surface area contributed by atoms with Crippen LogP contribution in [0.4, 0.5) is 15.8 Å². The normalized spacial score (nSPS) is 13.6. The van der Waals surface area contributed by atoms with Gasteiger partial charge in [0, 0.05) is 29.8 Å². The summed E-state index contributed by atoms with van der Waals surface area (Å²) in [7, 11) is 1.61. The summed E-state index contributed by atoms with van der Waals surface area (Å²) < 4.78 is 30.9. The minimum atomic E-state index is -0.270. The Morgan fingerprint density at radius 3 is 2.52 bits per heavy atom. The van der Waals surface area contributed by atoms with E-state index in [9.17, 15) is 4.39 Å². The van der Waals surface area contributed by atoms with Crippen molar-refractivity contribution in [3.8, 4) is 11.5 Å². The monoisotopic (exact) mass is 534 g/mol. The van der Waals surface area contributed by atoms with Crippen LogP contribution >= 0.6 is 27.5 Å². The summed E-state index contributed by atoms with van der Waals surface area (Å²) in [6, 6.07) is 16.1. The van der Waals surface area contributed by atoms with Gasteiger partial charge in [-0.05, 0) is 53.6 Å². The Balaban J connectivity index is 1.41.